The van der Waals surface area contributed by atoms with Gasteiger partial charge in [0.25, 0.3) is 10.0 Å². The number of ether oxygens (including phenoxy) is 1. The maximum Gasteiger partial charge on any atom is 0.358 e. The summed E-state index contributed by atoms with van der Waals surface area (Å²) >= 11 is 0.767. The van der Waals surface area contributed by atoms with E-state index in [1.54, 1.807) is 0 Å². The molecule has 0 saturated carbocycles. The molecular weight excluding hydrogens is 307 g/mol. The number of hydrogen-bond donors (Lipinski definition) is 1. The number of esters is 1. The van der Waals surface area contributed by atoms with Gasteiger partial charge in [0.2, 0.25) is 0 Å². The minimum Gasteiger partial charge on any atom is -0.464 e. The number of nitrogens with zero attached hydrogens (tertiary/aromatic N) is 1. The van der Waals surface area contributed by atoms with Crippen LogP contribution in [-0.4, -0.2) is 26.5 Å². The van der Waals surface area contributed by atoms with E-state index in [1.807, 2.05) is 0 Å². The van der Waals surface area contributed by atoms with E-state index >= 15 is 0 Å². The second kappa shape index (κ2) is 5.55. The van der Waals surface area contributed by atoms with Crippen LogP contribution in [0.1, 0.15) is 10.5 Å². The number of aromatic nitrogens is 1. The number of hydrogen-bond acceptors (Lipinski definition) is 6. The van der Waals surface area contributed by atoms with Gasteiger partial charge in [-0.1, -0.05) is 6.07 Å². The maximum absolute atomic E-state index is 13.0. The molecule has 1 aromatic carbocycles. The number of carbonyl (C=O) groups excluding carboxylic acids is 1. The molecule has 0 aliphatic rings. The van der Waals surface area contributed by atoms with Crippen molar-refractivity contribution in [3.8, 4) is 0 Å². The third-order valence-electron chi connectivity index (χ3n) is 2.23. The highest BCUT2D eigenvalue weighted by molar-refractivity contribution is 7.94. The third-order valence-corrected chi connectivity index (χ3v) is 4.99. The van der Waals surface area contributed by atoms with E-state index in [0.717, 1.165) is 24.5 Å². The van der Waals surface area contributed by atoms with Gasteiger partial charge >= 0.3 is 5.97 Å². The first-order valence-electron chi connectivity index (χ1n) is 5.24. The molecule has 1 N–H and O–H groups in total. The predicted octanol–water partition coefficient (Wildman–Crippen LogP) is 1.87. The van der Waals surface area contributed by atoms with E-state index in [2.05, 4.69) is 14.4 Å². The normalized spacial score (nSPS) is 11.1. The highest BCUT2D eigenvalue weighted by Crippen LogP contribution is 2.23. The van der Waals surface area contributed by atoms with E-state index < -0.39 is 21.8 Å². The van der Waals surface area contributed by atoms with Crippen molar-refractivity contribution in [2.45, 2.75) is 4.21 Å². The Labute approximate surface area is 118 Å². The molecule has 106 valence electrons. The molecular formula is C11H9FN2O4S2. The Morgan fingerprint density at radius 1 is 1.45 bits per heavy atom. The summed E-state index contributed by atoms with van der Waals surface area (Å²) in [6.45, 7) is 0. The van der Waals surface area contributed by atoms with Gasteiger partial charge in [0.15, 0.2) is 9.90 Å². The third kappa shape index (κ3) is 2.94. The molecule has 0 atom stereocenters. The molecule has 6 nitrogen and oxygen atoms in total. The number of benzene rings is 1. The summed E-state index contributed by atoms with van der Waals surface area (Å²) in [5.41, 5.74) is 0.961. The largest absolute Gasteiger partial charge is 0.464 e. The summed E-state index contributed by atoms with van der Waals surface area (Å²) in [5, 5.41) is 0. The van der Waals surface area contributed by atoms with Crippen LogP contribution in [0.25, 0.3) is 0 Å². The van der Waals surface area contributed by atoms with Crippen LogP contribution >= 0.6 is 11.3 Å². The van der Waals surface area contributed by atoms with Crippen LogP contribution in [0.3, 0.4) is 0 Å². The highest BCUT2D eigenvalue weighted by atomic mass is 32.2. The van der Waals surface area contributed by atoms with Gasteiger partial charge < -0.3 is 4.74 Å². The van der Waals surface area contributed by atoms with Gasteiger partial charge in [-0.2, -0.15) is 0 Å². The van der Waals surface area contributed by atoms with Crippen LogP contribution in [0, 0.1) is 5.82 Å². The topological polar surface area (TPSA) is 85.4 Å². The van der Waals surface area contributed by atoms with Crippen LogP contribution in [0.4, 0.5) is 10.1 Å². The monoisotopic (exact) mass is 316 g/mol. The number of anilines is 1. The van der Waals surface area contributed by atoms with Crippen molar-refractivity contribution >= 4 is 33.0 Å². The predicted molar refractivity (Wildman–Crippen MR) is 70.7 cm³/mol. The summed E-state index contributed by atoms with van der Waals surface area (Å²) in [6, 6.07) is 4.96. The summed E-state index contributed by atoms with van der Waals surface area (Å²) in [6.07, 6.45) is 0. The minimum atomic E-state index is -4.03. The van der Waals surface area contributed by atoms with Crippen molar-refractivity contribution in [2.75, 3.05) is 11.8 Å². The number of rotatable bonds is 4. The molecule has 20 heavy (non-hydrogen) atoms. The second-order valence-corrected chi connectivity index (χ2v) is 6.33. The zero-order valence-electron chi connectivity index (χ0n) is 10.2. The van der Waals surface area contributed by atoms with Crippen LogP contribution in [0.5, 0.6) is 0 Å². The lowest BCUT2D eigenvalue weighted by atomic mass is 10.3. The Balaban J connectivity index is 2.36. The fraction of sp³-hybridized carbons (Fsp3) is 0.0909. The molecule has 2 aromatic rings. The molecule has 2 rings (SSSR count). The molecule has 0 amide bonds. The molecule has 0 aliphatic carbocycles. The Bertz CT molecular complexity index is 742. The zero-order valence-corrected chi connectivity index (χ0v) is 11.8. The van der Waals surface area contributed by atoms with Crippen molar-refractivity contribution in [1.29, 1.82) is 0 Å². The van der Waals surface area contributed by atoms with Crippen molar-refractivity contribution in [3.05, 3.63) is 41.3 Å². The lowest BCUT2D eigenvalue weighted by molar-refractivity contribution is 0.0590. The number of thiazole rings is 1. The second-order valence-electron chi connectivity index (χ2n) is 3.60. The molecule has 0 spiro atoms. The first kappa shape index (κ1) is 14.4. The number of methoxy groups -OCH3 is 1. The summed E-state index contributed by atoms with van der Waals surface area (Å²) < 4.78 is 43.7. The van der Waals surface area contributed by atoms with E-state index in [0.29, 0.717) is 0 Å². The molecule has 1 aromatic heterocycles. The number of carbonyl (C=O) groups is 1. The SMILES string of the molecule is COC(=O)c1ncsc1S(=O)(=O)Nc1cccc(F)c1. The van der Waals surface area contributed by atoms with Crippen molar-refractivity contribution in [3.63, 3.8) is 0 Å². The first-order valence-corrected chi connectivity index (χ1v) is 7.60. The van der Waals surface area contributed by atoms with Crippen LogP contribution in [0.2, 0.25) is 0 Å². The van der Waals surface area contributed by atoms with Crippen molar-refractivity contribution in [1.82, 2.24) is 4.98 Å². The van der Waals surface area contributed by atoms with E-state index in [4.69, 9.17) is 0 Å². The van der Waals surface area contributed by atoms with E-state index in [-0.39, 0.29) is 15.6 Å². The zero-order chi connectivity index (χ0) is 14.8. The number of halogens is 1. The molecule has 9 heteroatoms. The molecule has 0 bridgehead atoms. The molecule has 0 saturated heterocycles. The van der Waals surface area contributed by atoms with Gasteiger partial charge in [-0.25, -0.2) is 22.6 Å². The van der Waals surface area contributed by atoms with Crippen LogP contribution in [0.15, 0.2) is 34.0 Å². The van der Waals surface area contributed by atoms with E-state index in [1.165, 1.54) is 23.7 Å². The smallest absolute Gasteiger partial charge is 0.358 e. The van der Waals surface area contributed by atoms with Gasteiger partial charge in [0.05, 0.1) is 18.3 Å². The summed E-state index contributed by atoms with van der Waals surface area (Å²) in [7, 11) is -2.91. The standard InChI is InChI=1S/C11H9FN2O4S2/c1-18-10(15)9-11(19-6-13-9)20(16,17)14-8-4-2-3-7(12)5-8/h2-6,14H,1H3. The van der Waals surface area contributed by atoms with Gasteiger partial charge in [-0.05, 0) is 18.2 Å². The maximum atomic E-state index is 13.0. The first-order chi connectivity index (χ1) is 9.44. The Morgan fingerprint density at radius 3 is 2.85 bits per heavy atom. The summed E-state index contributed by atoms with van der Waals surface area (Å²) in [4.78, 5) is 15.1. The van der Waals surface area contributed by atoms with Gasteiger partial charge in [-0.3, -0.25) is 4.72 Å². The lowest BCUT2D eigenvalue weighted by Gasteiger charge is -2.07. The quantitative estimate of drug-likeness (QED) is 0.870. The fourth-order valence-corrected chi connectivity index (χ4v) is 3.60. The molecule has 0 unspecified atom stereocenters. The highest BCUT2D eigenvalue weighted by Gasteiger charge is 2.26. The Kier molecular flexibility index (Phi) is 4.00. The molecule has 1 heterocycles. The van der Waals surface area contributed by atoms with Crippen LogP contribution < -0.4 is 4.72 Å². The minimum absolute atomic E-state index is 0.0502. The lowest BCUT2D eigenvalue weighted by Crippen LogP contribution is -2.16. The molecule has 0 aliphatic heterocycles. The van der Waals surface area contributed by atoms with Crippen LogP contribution in [-0.2, 0) is 14.8 Å². The Hall–Kier alpha value is -2.00. The Morgan fingerprint density at radius 2 is 2.20 bits per heavy atom. The van der Waals surface area contributed by atoms with Gasteiger partial charge in [-0.15, -0.1) is 11.3 Å². The summed E-state index contributed by atoms with van der Waals surface area (Å²) in [5.74, 6) is -1.44. The van der Waals surface area contributed by atoms with Crippen molar-refractivity contribution < 1.29 is 22.3 Å². The van der Waals surface area contributed by atoms with Gasteiger partial charge in [0.1, 0.15) is 5.82 Å². The molecule has 0 radical (unpaired) electrons. The average Bonchev–Trinajstić information content (AvgIpc) is 2.87. The number of nitrogens with one attached hydrogen (secondary N) is 1. The number of sulfonamides is 1. The average molecular weight is 316 g/mol. The van der Waals surface area contributed by atoms with E-state index in [9.17, 15) is 17.6 Å². The van der Waals surface area contributed by atoms with Crippen molar-refractivity contribution in [2.24, 2.45) is 0 Å². The fourth-order valence-electron chi connectivity index (χ4n) is 1.41. The molecule has 0 fully saturated rings. The van der Waals surface area contributed by atoms with Gasteiger partial charge in [0, 0.05) is 0 Å².